The van der Waals surface area contributed by atoms with Crippen molar-refractivity contribution in [2.75, 3.05) is 0 Å². The quantitative estimate of drug-likeness (QED) is 0.160. The van der Waals surface area contributed by atoms with Gasteiger partial charge in [-0.25, -0.2) is 17.7 Å². The molecule has 0 N–H and O–H groups in total. The van der Waals surface area contributed by atoms with E-state index >= 15 is 0 Å². The molecule has 0 amide bonds. The van der Waals surface area contributed by atoms with E-state index in [1.165, 1.54) is 18.2 Å². The fraction of sp³-hybridized carbons (Fsp3) is 0.321. The van der Waals surface area contributed by atoms with E-state index in [4.69, 9.17) is 6.57 Å². The van der Waals surface area contributed by atoms with Gasteiger partial charge in [-0.05, 0) is 48.2 Å². The highest BCUT2D eigenvalue weighted by Gasteiger charge is 2.73. The van der Waals surface area contributed by atoms with E-state index in [1.54, 1.807) is 0 Å². The summed E-state index contributed by atoms with van der Waals surface area (Å²) in [5, 5.41) is 0. The Hall–Kier alpha value is -3.43. The molecule has 12 heteroatoms. The van der Waals surface area contributed by atoms with E-state index in [0.717, 1.165) is 42.5 Å². The second kappa shape index (κ2) is 10.5. The first kappa shape index (κ1) is 29.6. The lowest BCUT2D eigenvalue weighted by molar-refractivity contribution is -0.392. The van der Waals surface area contributed by atoms with Crippen LogP contribution in [0.1, 0.15) is 42.4 Å². The Morgan fingerprint density at radius 2 is 1.43 bits per heavy atom. The molecule has 1 fully saturated rings. The second-order valence-electron chi connectivity index (χ2n) is 9.48. The van der Waals surface area contributed by atoms with Crippen molar-refractivity contribution in [1.82, 2.24) is 0 Å². The number of hydrogen-bond acceptors (Lipinski definition) is 3. The molecule has 4 nitrogen and oxygen atoms in total. The van der Waals surface area contributed by atoms with Gasteiger partial charge in [0.15, 0.2) is 15.5 Å². The molecule has 0 bridgehead atoms. The Labute approximate surface area is 226 Å². The first-order valence-corrected chi connectivity index (χ1v) is 13.5. The summed E-state index contributed by atoms with van der Waals surface area (Å²) in [4.78, 5) is 2.91. The second-order valence-corrected chi connectivity index (χ2v) is 11.7. The zero-order chi connectivity index (χ0) is 29.4. The van der Waals surface area contributed by atoms with Gasteiger partial charge in [-0.1, -0.05) is 61.4 Å². The third-order valence-corrected chi connectivity index (χ3v) is 9.73. The molecule has 0 aromatic heterocycles. The van der Waals surface area contributed by atoms with Crippen LogP contribution in [0.2, 0.25) is 0 Å². The number of halogens is 7. The number of benzene rings is 3. The average Bonchev–Trinajstić information content (AvgIpc) is 3.40. The van der Waals surface area contributed by atoms with Crippen molar-refractivity contribution in [3.8, 4) is 0 Å². The Bertz CT molecular complexity index is 1490. The van der Waals surface area contributed by atoms with Crippen LogP contribution in [0.3, 0.4) is 0 Å². The van der Waals surface area contributed by atoms with Crippen LogP contribution in [0.25, 0.3) is 4.85 Å². The molecule has 1 aliphatic rings. The number of alkyl halides is 6. The highest BCUT2D eigenvalue weighted by Crippen LogP contribution is 2.54. The Kier molecular flexibility index (Phi) is 7.77. The zero-order valence-electron chi connectivity index (χ0n) is 20.7. The van der Waals surface area contributed by atoms with Crippen molar-refractivity contribution in [3.05, 3.63) is 107 Å². The van der Waals surface area contributed by atoms with Gasteiger partial charge in [0.2, 0.25) is 0 Å². The predicted molar refractivity (Wildman–Crippen MR) is 131 cm³/mol. The minimum absolute atomic E-state index is 0.0132. The standard InChI is InChI=1S/C28H22F7NO3S/c1-36-23-6-4-5-19(17-23)18-39-26(27(30,31)32,28(33,34)35)21-9-7-20(8-10-21)25(15-2-3-16-25)40(37,38)24-13-11-22(29)12-14-24/h4-14,17H,2-3,15-16,18H2. The lowest BCUT2D eigenvalue weighted by atomic mass is 9.88. The van der Waals surface area contributed by atoms with E-state index in [-0.39, 0.29) is 34.6 Å². The van der Waals surface area contributed by atoms with Gasteiger partial charge in [-0.3, -0.25) is 0 Å². The Morgan fingerprint density at radius 1 is 0.850 bits per heavy atom. The lowest BCUT2D eigenvalue weighted by Gasteiger charge is -2.38. The molecule has 0 heterocycles. The number of rotatable bonds is 7. The van der Waals surface area contributed by atoms with Crippen molar-refractivity contribution < 1.29 is 43.9 Å². The molecule has 0 saturated heterocycles. The van der Waals surface area contributed by atoms with Crippen molar-refractivity contribution >= 4 is 15.5 Å². The van der Waals surface area contributed by atoms with Crippen LogP contribution in [0, 0.1) is 12.4 Å². The smallest absolute Gasteiger partial charge is 0.349 e. The van der Waals surface area contributed by atoms with Gasteiger partial charge in [0.1, 0.15) is 10.6 Å². The number of nitrogens with zero attached hydrogens (tertiary/aromatic N) is 1. The van der Waals surface area contributed by atoms with Crippen LogP contribution in [0.5, 0.6) is 0 Å². The normalized spacial score (nSPS) is 16.1. The van der Waals surface area contributed by atoms with Crippen molar-refractivity contribution in [3.63, 3.8) is 0 Å². The zero-order valence-corrected chi connectivity index (χ0v) is 21.5. The molecule has 40 heavy (non-hydrogen) atoms. The van der Waals surface area contributed by atoms with Crippen molar-refractivity contribution in [1.29, 1.82) is 0 Å². The predicted octanol–water partition coefficient (Wildman–Crippen LogP) is 8.16. The molecule has 1 aliphatic carbocycles. The van der Waals surface area contributed by atoms with Crippen LogP contribution in [-0.2, 0) is 31.5 Å². The van der Waals surface area contributed by atoms with Crippen LogP contribution in [0.15, 0.2) is 77.7 Å². The molecule has 0 atom stereocenters. The first-order valence-electron chi connectivity index (χ1n) is 12.0. The topological polar surface area (TPSA) is 47.7 Å². The summed E-state index contributed by atoms with van der Waals surface area (Å²) < 4.78 is 130. The largest absolute Gasteiger partial charge is 0.430 e. The third-order valence-electron chi connectivity index (χ3n) is 7.16. The van der Waals surface area contributed by atoms with Gasteiger partial charge in [0, 0.05) is 5.56 Å². The van der Waals surface area contributed by atoms with E-state index in [9.17, 15) is 39.2 Å². The van der Waals surface area contributed by atoms with E-state index in [0.29, 0.717) is 25.0 Å². The van der Waals surface area contributed by atoms with E-state index < -0.39 is 50.5 Å². The molecule has 0 radical (unpaired) electrons. The van der Waals surface area contributed by atoms with E-state index in [2.05, 4.69) is 9.58 Å². The highest BCUT2D eigenvalue weighted by atomic mass is 32.2. The van der Waals surface area contributed by atoms with Crippen molar-refractivity contribution in [2.24, 2.45) is 0 Å². The highest BCUT2D eigenvalue weighted by molar-refractivity contribution is 7.92. The first-order chi connectivity index (χ1) is 18.7. The fourth-order valence-corrected chi connectivity index (χ4v) is 7.37. The van der Waals surface area contributed by atoms with Crippen molar-refractivity contribution in [2.45, 2.75) is 59.9 Å². The molecular weight excluding hydrogens is 563 g/mol. The molecular formula is C28H22F7NO3S. The number of sulfone groups is 1. The third kappa shape index (κ3) is 4.97. The van der Waals surface area contributed by atoms with Crippen LogP contribution >= 0.6 is 0 Å². The molecule has 0 spiro atoms. The maximum atomic E-state index is 14.3. The molecule has 0 unspecified atom stereocenters. The van der Waals surface area contributed by atoms with Gasteiger partial charge >= 0.3 is 12.4 Å². The summed E-state index contributed by atoms with van der Waals surface area (Å²) in [6.45, 7) is 5.90. The van der Waals surface area contributed by atoms with Gasteiger partial charge in [-0.15, -0.1) is 0 Å². The van der Waals surface area contributed by atoms with Gasteiger partial charge < -0.3 is 4.74 Å². The van der Waals surface area contributed by atoms with Gasteiger partial charge in [-0.2, -0.15) is 26.3 Å². The van der Waals surface area contributed by atoms with E-state index in [1.807, 2.05) is 0 Å². The number of ether oxygens (including phenoxy) is 1. The minimum atomic E-state index is -5.95. The maximum Gasteiger partial charge on any atom is 0.430 e. The Morgan fingerprint density at radius 3 is 1.95 bits per heavy atom. The molecule has 4 rings (SSSR count). The maximum absolute atomic E-state index is 14.3. The lowest BCUT2D eigenvalue weighted by Crippen LogP contribution is -2.55. The Balaban J connectivity index is 1.79. The summed E-state index contributed by atoms with van der Waals surface area (Å²) in [5.41, 5.74) is -6.03. The fourth-order valence-electron chi connectivity index (χ4n) is 5.15. The van der Waals surface area contributed by atoms with Gasteiger partial charge in [0.25, 0.3) is 5.60 Å². The summed E-state index contributed by atoms with van der Waals surface area (Å²) in [6, 6.07) is 12.2. The van der Waals surface area contributed by atoms with Crippen LogP contribution < -0.4 is 0 Å². The molecule has 1 saturated carbocycles. The summed E-state index contributed by atoms with van der Waals surface area (Å²) in [6.07, 6.45) is -10.8. The SMILES string of the molecule is [C-]#[N+]c1cccc(COC(c2ccc(C3(S(=O)(=O)c4ccc(F)cc4)CCCC3)cc2)(C(F)(F)F)C(F)(F)F)c1. The summed E-state index contributed by atoms with van der Waals surface area (Å²) in [7, 11) is -4.19. The minimum Gasteiger partial charge on any atom is -0.349 e. The number of hydrogen-bond donors (Lipinski definition) is 0. The molecule has 3 aromatic carbocycles. The molecule has 212 valence electrons. The van der Waals surface area contributed by atoms with Gasteiger partial charge in [0.05, 0.1) is 18.1 Å². The average molecular weight is 586 g/mol. The summed E-state index contributed by atoms with van der Waals surface area (Å²) >= 11 is 0. The molecule has 3 aromatic rings. The van der Waals surface area contributed by atoms with Crippen LogP contribution in [0.4, 0.5) is 36.4 Å². The van der Waals surface area contributed by atoms with Crippen LogP contribution in [-0.4, -0.2) is 20.8 Å². The monoisotopic (exact) mass is 585 g/mol. The molecule has 0 aliphatic heterocycles. The summed E-state index contributed by atoms with van der Waals surface area (Å²) in [5.74, 6) is -0.666.